The molecule has 0 radical (unpaired) electrons. The maximum absolute atomic E-state index is 10.1. The molecule has 0 heterocycles. The molecule has 3 nitrogen and oxygen atoms in total. The van der Waals surface area contributed by atoms with Gasteiger partial charge in [0.15, 0.2) is 0 Å². The number of likely N-dealkylation sites (N-methyl/N-ethyl adjacent to an activating group) is 1. The Hall–Kier alpha value is -1.06. The minimum atomic E-state index is -0.318. The van der Waals surface area contributed by atoms with E-state index < -0.39 is 0 Å². The average Bonchev–Trinajstić information content (AvgIpc) is 2.66. The molecule has 0 bridgehead atoms. The molecule has 0 saturated heterocycles. The molecule has 1 fully saturated rings. The van der Waals surface area contributed by atoms with Crippen LogP contribution in [0.15, 0.2) is 24.3 Å². The molecule has 3 heteroatoms. The molecule has 2 rings (SSSR count). The number of nitrogens with one attached hydrogen (secondary N) is 1. The van der Waals surface area contributed by atoms with Crippen LogP contribution in [-0.4, -0.2) is 30.4 Å². The van der Waals surface area contributed by atoms with E-state index in [0.717, 1.165) is 37.9 Å². The molecule has 1 aliphatic carbocycles. The van der Waals surface area contributed by atoms with Crippen LogP contribution in [0.3, 0.4) is 0 Å². The van der Waals surface area contributed by atoms with E-state index in [9.17, 15) is 5.11 Å². The first-order valence-electron chi connectivity index (χ1n) is 7.80. The highest BCUT2D eigenvalue weighted by molar-refractivity contribution is 5.28. The summed E-state index contributed by atoms with van der Waals surface area (Å²) in [4.78, 5) is 0. The van der Waals surface area contributed by atoms with Crippen molar-refractivity contribution in [2.24, 2.45) is 0 Å². The normalized spacial score (nSPS) is 24.9. The Labute approximate surface area is 122 Å². The Morgan fingerprint density at radius 1 is 1.20 bits per heavy atom. The first-order valence-corrected chi connectivity index (χ1v) is 7.80. The lowest BCUT2D eigenvalue weighted by Crippen LogP contribution is -2.30. The van der Waals surface area contributed by atoms with E-state index >= 15 is 0 Å². The number of hydrogen-bond acceptors (Lipinski definition) is 3. The van der Waals surface area contributed by atoms with Gasteiger partial charge in [0.05, 0.1) is 6.10 Å². The third kappa shape index (κ3) is 4.50. The molecule has 112 valence electrons. The summed E-state index contributed by atoms with van der Waals surface area (Å²) in [5, 5.41) is 13.3. The highest BCUT2D eigenvalue weighted by Crippen LogP contribution is 2.23. The molecule has 3 unspecified atom stereocenters. The number of rotatable bonds is 5. The second-order valence-corrected chi connectivity index (χ2v) is 5.90. The van der Waals surface area contributed by atoms with Crippen molar-refractivity contribution in [3.05, 3.63) is 29.8 Å². The maximum atomic E-state index is 10.1. The average molecular weight is 277 g/mol. The number of hydrogen-bond donors (Lipinski definition) is 2. The molecule has 0 aliphatic heterocycles. The Bertz CT molecular complexity index is 390. The van der Waals surface area contributed by atoms with E-state index in [-0.39, 0.29) is 12.2 Å². The summed E-state index contributed by atoms with van der Waals surface area (Å²) in [6.07, 6.45) is 5.95. The molecule has 0 amide bonds. The summed E-state index contributed by atoms with van der Waals surface area (Å²) in [6.45, 7) is 2.17. The van der Waals surface area contributed by atoms with Crippen LogP contribution in [0.1, 0.15) is 44.6 Å². The van der Waals surface area contributed by atoms with E-state index in [1.807, 2.05) is 19.2 Å². The van der Waals surface area contributed by atoms with Crippen molar-refractivity contribution < 1.29 is 9.84 Å². The van der Waals surface area contributed by atoms with Crippen LogP contribution in [0.2, 0.25) is 0 Å². The van der Waals surface area contributed by atoms with Gasteiger partial charge in [-0.15, -0.1) is 0 Å². The molecule has 1 aromatic rings. The molecule has 1 saturated carbocycles. The molecule has 0 spiro atoms. The number of ether oxygens (including phenoxy) is 1. The van der Waals surface area contributed by atoms with E-state index in [1.165, 1.54) is 12.0 Å². The van der Waals surface area contributed by atoms with E-state index in [2.05, 4.69) is 24.4 Å². The van der Waals surface area contributed by atoms with Crippen LogP contribution in [0.4, 0.5) is 0 Å². The van der Waals surface area contributed by atoms with Gasteiger partial charge in [-0.2, -0.15) is 0 Å². The van der Waals surface area contributed by atoms with Crippen LogP contribution < -0.4 is 10.1 Å². The van der Waals surface area contributed by atoms with E-state index in [4.69, 9.17) is 4.74 Å². The van der Waals surface area contributed by atoms with Crippen LogP contribution in [0, 0.1) is 0 Å². The zero-order chi connectivity index (χ0) is 14.4. The molecule has 0 aromatic heterocycles. The zero-order valence-electron chi connectivity index (χ0n) is 12.6. The van der Waals surface area contributed by atoms with Gasteiger partial charge in [-0.05, 0) is 57.4 Å². The van der Waals surface area contributed by atoms with Crippen molar-refractivity contribution in [1.29, 1.82) is 0 Å². The molecule has 2 N–H and O–H groups in total. The van der Waals surface area contributed by atoms with Crippen LogP contribution in [0.25, 0.3) is 0 Å². The van der Waals surface area contributed by atoms with Crippen molar-refractivity contribution in [1.82, 2.24) is 5.32 Å². The maximum Gasteiger partial charge on any atom is 0.124 e. The molecular formula is C17H27NO2. The van der Waals surface area contributed by atoms with Crippen LogP contribution in [0.5, 0.6) is 5.75 Å². The summed E-state index contributed by atoms with van der Waals surface area (Å²) in [5.74, 6) is 0.872. The molecule has 20 heavy (non-hydrogen) atoms. The Morgan fingerprint density at radius 3 is 2.60 bits per heavy atom. The highest BCUT2D eigenvalue weighted by Gasteiger charge is 2.23. The van der Waals surface area contributed by atoms with Gasteiger partial charge in [0.25, 0.3) is 0 Å². The van der Waals surface area contributed by atoms with E-state index in [0.29, 0.717) is 6.04 Å². The topological polar surface area (TPSA) is 41.5 Å². The molecule has 1 aromatic carbocycles. The fourth-order valence-electron chi connectivity index (χ4n) is 2.73. The molecular weight excluding hydrogens is 250 g/mol. The number of benzene rings is 1. The first-order chi connectivity index (χ1) is 9.69. The summed E-state index contributed by atoms with van der Waals surface area (Å²) in [5.41, 5.74) is 1.31. The molecule has 3 atom stereocenters. The third-order valence-corrected chi connectivity index (χ3v) is 4.16. The summed E-state index contributed by atoms with van der Waals surface area (Å²) in [7, 11) is 1.98. The van der Waals surface area contributed by atoms with Gasteiger partial charge in [0, 0.05) is 6.04 Å². The van der Waals surface area contributed by atoms with Gasteiger partial charge in [-0.1, -0.05) is 25.0 Å². The Morgan fingerprint density at radius 2 is 1.90 bits per heavy atom. The Balaban J connectivity index is 1.92. The predicted octanol–water partition coefficient (Wildman–Crippen LogP) is 2.91. The van der Waals surface area contributed by atoms with Crippen molar-refractivity contribution in [3.8, 4) is 5.75 Å². The van der Waals surface area contributed by atoms with Gasteiger partial charge >= 0.3 is 0 Å². The minimum Gasteiger partial charge on any atom is -0.488 e. The second kappa shape index (κ2) is 7.65. The highest BCUT2D eigenvalue weighted by atomic mass is 16.5. The second-order valence-electron chi connectivity index (χ2n) is 5.90. The van der Waals surface area contributed by atoms with Crippen molar-refractivity contribution in [2.75, 3.05) is 7.05 Å². The fraction of sp³-hybridized carbons (Fsp3) is 0.647. The quantitative estimate of drug-likeness (QED) is 0.813. The van der Waals surface area contributed by atoms with Gasteiger partial charge in [-0.25, -0.2) is 0 Å². The monoisotopic (exact) mass is 277 g/mol. The number of aliphatic hydroxyl groups excluding tert-OH is 1. The lowest BCUT2D eigenvalue weighted by Gasteiger charge is -2.22. The zero-order valence-corrected chi connectivity index (χ0v) is 12.6. The SMILES string of the molecule is CNC(C)Cc1ccc(OC2CCCCCC2O)cc1. The van der Waals surface area contributed by atoms with Crippen LogP contribution >= 0.6 is 0 Å². The lowest BCUT2D eigenvalue weighted by atomic mass is 10.1. The van der Waals surface area contributed by atoms with Gasteiger partial charge in [0.2, 0.25) is 0 Å². The van der Waals surface area contributed by atoms with Gasteiger partial charge in [0.1, 0.15) is 11.9 Å². The molecule has 1 aliphatic rings. The van der Waals surface area contributed by atoms with Crippen molar-refractivity contribution >= 4 is 0 Å². The standard InChI is InChI=1S/C17H27NO2/c1-13(18-2)12-14-8-10-15(11-9-14)20-17-7-5-3-4-6-16(17)19/h8-11,13,16-19H,3-7,12H2,1-2H3. The minimum absolute atomic E-state index is 0.0421. The lowest BCUT2D eigenvalue weighted by molar-refractivity contribution is 0.0320. The smallest absolute Gasteiger partial charge is 0.124 e. The summed E-state index contributed by atoms with van der Waals surface area (Å²) < 4.78 is 5.97. The van der Waals surface area contributed by atoms with Crippen molar-refractivity contribution in [3.63, 3.8) is 0 Å². The summed E-state index contributed by atoms with van der Waals surface area (Å²) in [6, 6.07) is 8.76. The van der Waals surface area contributed by atoms with Crippen LogP contribution in [-0.2, 0) is 6.42 Å². The van der Waals surface area contributed by atoms with Crippen molar-refractivity contribution in [2.45, 2.75) is 63.7 Å². The van der Waals surface area contributed by atoms with Gasteiger partial charge < -0.3 is 15.2 Å². The number of aliphatic hydroxyl groups is 1. The predicted molar refractivity (Wildman–Crippen MR) is 82.2 cm³/mol. The fourth-order valence-corrected chi connectivity index (χ4v) is 2.73. The first kappa shape index (κ1) is 15.3. The summed E-state index contributed by atoms with van der Waals surface area (Å²) >= 11 is 0. The Kier molecular flexibility index (Phi) is 5.86. The van der Waals surface area contributed by atoms with Gasteiger partial charge in [-0.3, -0.25) is 0 Å². The van der Waals surface area contributed by atoms with E-state index in [1.54, 1.807) is 0 Å². The third-order valence-electron chi connectivity index (χ3n) is 4.16. The largest absolute Gasteiger partial charge is 0.488 e.